The first-order valence-electron chi connectivity index (χ1n) is 19.8. The molecule has 2 aliphatic heterocycles. The summed E-state index contributed by atoms with van der Waals surface area (Å²) in [6.07, 6.45) is 0.226. The molecule has 62 heavy (non-hydrogen) atoms. The van der Waals surface area contributed by atoms with Crippen LogP contribution in [0.25, 0.3) is 48.7 Å². The average molecular weight is 956 g/mol. The molecular weight excluding hydrogens is 909 g/mol. The Morgan fingerprint density at radius 2 is 1.11 bits per heavy atom. The molecule has 2 saturated heterocycles. The molecule has 0 unspecified atom stereocenters. The second kappa shape index (κ2) is 35.5. The second-order valence-corrected chi connectivity index (χ2v) is 12.6. The van der Waals surface area contributed by atoms with Gasteiger partial charge in [-0.2, -0.15) is 0 Å². The molecule has 4 aromatic carbocycles. The van der Waals surface area contributed by atoms with Crippen molar-refractivity contribution >= 4 is 41.5 Å². The molecule has 0 N–H and O–H groups in total. The number of amides is 2. The van der Waals surface area contributed by atoms with Crippen molar-refractivity contribution in [2.24, 2.45) is 5.11 Å². The number of rotatable bonds is 12. The third kappa shape index (κ3) is 21.0. The maximum atomic E-state index is 12.5. The van der Waals surface area contributed by atoms with E-state index in [1.807, 2.05) is 30.3 Å². The molecular formula is C40H43Cl2K2N8NaO9. The summed E-state index contributed by atoms with van der Waals surface area (Å²) < 4.78 is 52.0. The molecule has 0 aliphatic carbocycles. The van der Waals surface area contributed by atoms with Gasteiger partial charge in [0.25, 0.3) is 18.3 Å². The second-order valence-electron chi connectivity index (χ2n) is 11.8. The summed E-state index contributed by atoms with van der Waals surface area (Å²) >= 11 is 12.5. The summed E-state index contributed by atoms with van der Waals surface area (Å²) in [6, 6.07) is 24.8. The molecule has 0 spiro atoms. The Morgan fingerprint density at radius 3 is 1.44 bits per heavy atom. The van der Waals surface area contributed by atoms with Crippen molar-refractivity contribution in [2.75, 3.05) is 72.3 Å². The standard InChI is InChI=1S/C20H22ClNO3.C19H19ClN4O3.CH2O3.2K.N3.Na.H/c1-2-11-25-19-8-7-17(14-18(19)21)15-3-5-16(6-4-15)20(23)22-9-12-24-13-10-22;20-17-13-16(5-6-18(17)27-10-7-22-23-21)14-1-3-15(4-2-14)19(25)24-8-11-26-12-9-24;2-1-4-3;;;1-3-2;;/h3-8,14H,2,9-13H2,1H3;1-6,13H,7-12H2;1,3H;;;;;/q;;;2*+1;-1;+1;-1/p-1/i11D2;10D2;;;;;;. The minimum atomic E-state index is -2.17. The van der Waals surface area contributed by atoms with Crippen LogP contribution in [-0.4, -0.2) is 100 Å². The molecule has 0 saturated carbocycles. The number of nitrogens with zero attached hydrogens (tertiary/aromatic N) is 8. The molecule has 0 bridgehead atoms. The normalized spacial score (nSPS) is 13.7. The Bertz CT molecular complexity index is 2230. The van der Waals surface area contributed by atoms with Crippen LogP contribution in [0.3, 0.4) is 0 Å². The van der Waals surface area contributed by atoms with Crippen molar-refractivity contribution in [3.63, 3.8) is 0 Å². The van der Waals surface area contributed by atoms with Gasteiger partial charge < -0.3 is 51.4 Å². The zero-order valence-corrected chi connectivity index (χ0v) is 44.5. The van der Waals surface area contributed by atoms with Crippen molar-refractivity contribution < 1.29 is 183 Å². The first-order valence-corrected chi connectivity index (χ1v) is 18.5. The summed E-state index contributed by atoms with van der Waals surface area (Å²) in [5, 5.41) is 12.2. The van der Waals surface area contributed by atoms with E-state index in [1.165, 1.54) is 4.91 Å². The van der Waals surface area contributed by atoms with E-state index in [1.54, 1.807) is 71.3 Å². The van der Waals surface area contributed by atoms with E-state index in [0.29, 0.717) is 74.5 Å². The Labute approximate surface area is 484 Å². The first kappa shape index (κ1) is 52.9. The number of carbonyl (C=O) groups excluding carboxylic acids is 3. The summed E-state index contributed by atoms with van der Waals surface area (Å²) in [5.74, 6) is 0.441. The average Bonchev–Trinajstić information content (AvgIpc) is 3.30. The minimum Gasteiger partial charge on any atom is -1.00 e. The fourth-order valence-corrected chi connectivity index (χ4v) is 5.79. The van der Waals surface area contributed by atoms with Crippen LogP contribution >= 0.6 is 23.2 Å². The van der Waals surface area contributed by atoms with Crippen molar-refractivity contribution in [2.45, 2.75) is 13.3 Å². The van der Waals surface area contributed by atoms with Crippen molar-refractivity contribution in [3.8, 4) is 33.8 Å². The SMILES string of the molecule is O=CO[O-].[2H]C([2H])(CC)Oc1ccc(-c2ccc(C(=O)N3CCOCC3)cc2)cc1Cl.[2H]C([2H])(CN=[N+]=[N-])Oc1ccc(-c2ccc(C(=O)N3CCOCC3)cc2)cc1Cl.[H-].[K+].[K+].[N-]=[N+]=[N-].[Na+]. The monoisotopic (exact) mass is 954 g/mol. The van der Waals surface area contributed by atoms with Crippen molar-refractivity contribution in [3.05, 3.63) is 133 Å². The number of benzene rings is 4. The van der Waals surface area contributed by atoms with Gasteiger partial charge in [-0.15, -0.1) is 0 Å². The van der Waals surface area contributed by atoms with Crippen LogP contribution in [0.2, 0.25) is 10.0 Å². The Kier molecular flexibility index (Phi) is 30.3. The summed E-state index contributed by atoms with van der Waals surface area (Å²) in [5.41, 5.74) is 26.5. The van der Waals surface area contributed by atoms with Crippen LogP contribution in [0.1, 0.15) is 41.0 Å². The number of halogens is 2. The smallest absolute Gasteiger partial charge is 1.00 e. The van der Waals surface area contributed by atoms with Gasteiger partial charge >= 0.3 is 132 Å². The van der Waals surface area contributed by atoms with E-state index in [4.69, 9.17) is 74.3 Å². The molecule has 2 heterocycles. The van der Waals surface area contributed by atoms with Crippen LogP contribution in [0.5, 0.6) is 11.5 Å². The van der Waals surface area contributed by atoms with Gasteiger partial charge in [0.15, 0.2) is 0 Å². The molecule has 314 valence electrons. The molecule has 0 atom stereocenters. The number of hydrogen-bond acceptors (Lipinski definition) is 10. The molecule has 2 fully saturated rings. The van der Waals surface area contributed by atoms with Gasteiger partial charge in [0, 0.05) is 42.2 Å². The van der Waals surface area contributed by atoms with Gasteiger partial charge in [-0.05, 0) is 82.7 Å². The topological polar surface area (TPSA) is 234 Å². The molecule has 0 aromatic heterocycles. The maximum Gasteiger partial charge on any atom is 1.00 e. The third-order valence-electron chi connectivity index (χ3n) is 8.14. The number of carbonyl (C=O) groups is 3. The van der Waals surface area contributed by atoms with E-state index < -0.39 is 19.7 Å². The maximum absolute atomic E-state index is 12.5. The number of ether oxygens (including phenoxy) is 4. The number of morpholine rings is 2. The molecule has 17 nitrogen and oxygen atoms in total. The van der Waals surface area contributed by atoms with Gasteiger partial charge in [0.05, 0.1) is 61.6 Å². The number of azide groups is 1. The van der Waals surface area contributed by atoms with Gasteiger partial charge in [-0.1, -0.05) is 71.6 Å². The molecule has 0 radical (unpaired) electrons. The Balaban J connectivity index is 0. The quantitative estimate of drug-likeness (QED) is 0.0317. The summed E-state index contributed by atoms with van der Waals surface area (Å²) in [7, 11) is 0. The molecule has 4 aromatic rings. The van der Waals surface area contributed by atoms with Crippen molar-refractivity contribution in [1.29, 1.82) is 0 Å². The van der Waals surface area contributed by atoms with Crippen LogP contribution in [-0.2, 0) is 19.2 Å². The van der Waals surface area contributed by atoms with Crippen LogP contribution in [0.15, 0.2) is 90.0 Å². The molecule has 2 aliphatic rings. The van der Waals surface area contributed by atoms with Gasteiger partial charge in [-0.25, -0.2) is 0 Å². The van der Waals surface area contributed by atoms with E-state index in [9.17, 15) is 9.59 Å². The number of hydrogen-bond donors (Lipinski definition) is 0. The van der Waals surface area contributed by atoms with Gasteiger partial charge in [0.1, 0.15) is 11.5 Å². The van der Waals surface area contributed by atoms with E-state index in [-0.39, 0.29) is 169 Å². The Hall–Kier alpha value is -1.76. The van der Waals surface area contributed by atoms with Gasteiger partial charge in [-0.3, -0.25) is 19.3 Å². The van der Waals surface area contributed by atoms with Gasteiger partial charge in [0.2, 0.25) is 0 Å². The predicted molar refractivity (Wildman–Crippen MR) is 221 cm³/mol. The largest absolute Gasteiger partial charge is 1.00 e. The fraction of sp³-hybridized carbons (Fsp3) is 0.325. The minimum absolute atomic E-state index is 0. The van der Waals surface area contributed by atoms with Crippen LogP contribution in [0.4, 0.5) is 0 Å². The molecule has 22 heteroatoms. The van der Waals surface area contributed by atoms with Crippen molar-refractivity contribution in [1.82, 2.24) is 9.80 Å². The van der Waals surface area contributed by atoms with Crippen LogP contribution < -0.4 is 147 Å². The predicted octanol–water partition coefficient (Wildman–Crippen LogP) is -1.14. The molecule has 2 amide bonds. The van der Waals surface area contributed by atoms with E-state index in [0.717, 1.165) is 22.3 Å². The van der Waals surface area contributed by atoms with E-state index >= 15 is 0 Å². The Morgan fingerprint density at radius 1 is 0.758 bits per heavy atom. The first-order chi connectivity index (χ1) is 30.1. The fourth-order valence-electron chi connectivity index (χ4n) is 5.36. The van der Waals surface area contributed by atoms with Crippen LogP contribution in [0, 0.1) is 0 Å². The zero-order chi connectivity index (χ0) is 46.4. The molecule has 6 rings (SSSR count). The van der Waals surface area contributed by atoms with E-state index in [2.05, 4.69) is 14.9 Å². The zero-order valence-electron chi connectivity index (χ0n) is 39.7. The summed E-state index contributed by atoms with van der Waals surface area (Å²) in [6.45, 7) is 1.80. The third-order valence-corrected chi connectivity index (χ3v) is 8.73. The summed E-state index contributed by atoms with van der Waals surface area (Å²) in [4.78, 5) is 43.9.